The summed E-state index contributed by atoms with van der Waals surface area (Å²) in [5.74, 6) is 1.27. The molecular weight excluding hydrogens is 228 g/mol. The van der Waals surface area contributed by atoms with Crippen LogP contribution in [0.4, 0.5) is 4.79 Å². The minimum absolute atomic E-state index is 0.0628. The second kappa shape index (κ2) is 5.91. The van der Waals surface area contributed by atoms with Gasteiger partial charge in [0.15, 0.2) is 0 Å². The summed E-state index contributed by atoms with van der Waals surface area (Å²) >= 11 is 0. The molecule has 2 amide bonds. The van der Waals surface area contributed by atoms with Gasteiger partial charge in [-0.25, -0.2) is 4.79 Å². The third kappa shape index (κ3) is 3.16. The van der Waals surface area contributed by atoms with Crippen molar-refractivity contribution in [2.24, 2.45) is 11.8 Å². The number of carbonyl (C=O) groups excluding carboxylic acids is 1. The number of likely N-dealkylation sites (tertiary alicyclic amines) is 1. The van der Waals surface area contributed by atoms with Gasteiger partial charge in [-0.2, -0.15) is 0 Å². The number of urea groups is 1. The molecule has 1 aliphatic carbocycles. The van der Waals surface area contributed by atoms with Crippen LogP contribution in [0.2, 0.25) is 0 Å². The third-order valence-electron chi connectivity index (χ3n) is 4.77. The number of rotatable bonds is 1. The predicted octanol–water partition coefficient (Wildman–Crippen LogP) is 1.98. The Bertz CT molecular complexity index is 288. The van der Waals surface area contributed by atoms with E-state index in [0.717, 1.165) is 6.42 Å². The summed E-state index contributed by atoms with van der Waals surface area (Å²) in [6.45, 7) is 5.89. The number of hydrogen-bond donors (Lipinski definition) is 2. The first-order valence-electron chi connectivity index (χ1n) is 7.31. The van der Waals surface area contributed by atoms with Crippen LogP contribution in [0.1, 0.15) is 46.0 Å². The number of aliphatic hydroxyl groups excluding tert-OH is 1. The van der Waals surface area contributed by atoms with E-state index in [-0.39, 0.29) is 12.1 Å². The molecule has 4 heteroatoms. The van der Waals surface area contributed by atoms with Gasteiger partial charge in [-0.3, -0.25) is 0 Å². The molecule has 2 rings (SSSR count). The van der Waals surface area contributed by atoms with Crippen molar-refractivity contribution < 1.29 is 9.90 Å². The van der Waals surface area contributed by atoms with Crippen LogP contribution in [-0.4, -0.2) is 41.3 Å². The van der Waals surface area contributed by atoms with Gasteiger partial charge in [-0.1, -0.05) is 26.7 Å². The third-order valence-corrected chi connectivity index (χ3v) is 4.77. The van der Waals surface area contributed by atoms with Crippen molar-refractivity contribution in [1.29, 1.82) is 0 Å². The lowest BCUT2D eigenvalue weighted by Crippen LogP contribution is -2.51. The largest absolute Gasteiger partial charge is 0.393 e. The molecule has 2 N–H and O–H groups in total. The quantitative estimate of drug-likeness (QED) is 0.752. The summed E-state index contributed by atoms with van der Waals surface area (Å²) in [5, 5.41) is 12.6. The lowest BCUT2D eigenvalue weighted by molar-refractivity contribution is 0.0902. The lowest BCUT2D eigenvalue weighted by atomic mass is 9.78. The van der Waals surface area contributed by atoms with Crippen molar-refractivity contribution in [2.45, 2.75) is 58.1 Å². The molecule has 18 heavy (non-hydrogen) atoms. The normalized spacial score (nSPS) is 34.4. The van der Waals surface area contributed by atoms with Crippen LogP contribution in [-0.2, 0) is 0 Å². The molecule has 104 valence electrons. The SMILES string of the molecule is C[C@H]1[C@H](C)CCC[C@H]1NC(=O)N1CCC(O)CC1. The Labute approximate surface area is 110 Å². The van der Waals surface area contributed by atoms with Crippen LogP contribution in [0.15, 0.2) is 0 Å². The van der Waals surface area contributed by atoms with Gasteiger partial charge in [0.2, 0.25) is 0 Å². The van der Waals surface area contributed by atoms with E-state index >= 15 is 0 Å². The van der Waals surface area contributed by atoms with Crippen molar-refractivity contribution in [3.63, 3.8) is 0 Å². The minimum Gasteiger partial charge on any atom is -0.393 e. The molecule has 0 aromatic carbocycles. The molecule has 2 aliphatic rings. The molecule has 3 atom stereocenters. The predicted molar refractivity (Wildman–Crippen MR) is 71.3 cm³/mol. The summed E-state index contributed by atoms with van der Waals surface area (Å²) in [7, 11) is 0. The van der Waals surface area contributed by atoms with Crippen molar-refractivity contribution in [1.82, 2.24) is 10.2 Å². The molecule has 0 aromatic heterocycles. The summed E-state index contributed by atoms with van der Waals surface area (Å²) in [4.78, 5) is 14.0. The van der Waals surface area contributed by atoms with E-state index in [4.69, 9.17) is 0 Å². The van der Waals surface area contributed by atoms with E-state index in [1.165, 1.54) is 12.8 Å². The number of nitrogens with zero attached hydrogens (tertiary/aromatic N) is 1. The zero-order valence-corrected chi connectivity index (χ0v) is 11.6. The van der Waals surface area contributed by atoms with Crippen LogP contribution in [0.25, 0.3) is 0 Å². The lowest BCUT2D eigenvalue weighted by Gasteiger charge is -2.37. The maximum absolute atomic E-state index is 12.2. The number of hydrogen-bond acceptors (Lipinski definition) is 2. The molecule has 0 spiro atoms. The molecule has 0 bridgehead atoms. The van der Waals surface area contributed by atoms with Crippen LogP contribution in [0, 0.1) is 11.8 Å². The second-order valence-electron chi connectivity index (χ2n) is 6.04. The Morgan fingerprint density at radius 1 is 1.17 bits per heavy atom. The molecule has 0 radical (unpaired) electrons. The maximum atomic E-state index is 12.2. The Morgan fingerprint density at radius 2 is 1.83 bits per heavy atom. The molecule has 1 aliphatic heterocycles. The van der Waals surface area contributed by atoms with E-state index in [0.29, 0.717) is 43.8 Å². The van der Waals surface area contributed by atoms with E-state index in [1.54, 1.807) is 0 Å². The monoisotopic (exact) mass is 254 g/mol. The maximum Gasteiger partial charge on any atom is 0.317 e. The molecule has 1 saturated carbocycles. The Morgan fingerprint density at radius 3 is 2.50 bits per heavy atom. The number of amides is 2. The van der Waals surface area contributed by atoms with Gasteiger partial charge in [0.25, 0.3) is 0 Å². The van der Waals surface area contributed by atoms with E-state index in [2.05, 4.69) is 19.2 Å². The highest BCUT2D eigenvalue weighted by Crippen LogP contribution is 2.29. The fourth-order valence-electron chi connectivity index (χ4n) is 3.10. The van der Waals surface area contributed by atoms with Gasteiger partial charge >= 0.3 is 6.03 Å². The van der Waals surface area contributed by atoms with E-state index < -0.39 is 0 Å². The first-order valence-corrected chi connectivity index (χ1v) is 7.31. The number of piperidine rings is 1. The first kappa shape index (κ1) is 13.7. The zero-order chi connectivity index (χ0) is 13.1. The molecular formula is C14H26N2O2. The van der Waals surface area contributed by atoms with Gasteiger partial charge < -0.3 is 15.3 Å². The fourth-order valence-corrected chi connectivity index (χ4v) is 3.10. The highest BCUT2D eigenvalue weighted by molar-refractivity contribution is 5.74. The molecule has 1 heterocycles. The average Bonchev–Trinajstić information content (AvgIpc) is 2.36. The Balaban J connectivity index is 1.83. The highest BCUT2D eigenvalue weighted by Gasteiger charge is 2.30. The minimum atomic E-state index is -0.220. The van der Waals surface area contributed by atoms with Crippen LogP contribution in [0.3, 0.4) is 0 Å². The number of nitrogens with one attached hydrogen (secondary N) is 1. The molecule has 0 aromatic rings. The number of carbonyl (C=O) groups is 1. The zero-order valence-electron chi connectivity index (χ0n) is 11.6. The smallest absolute Gasteiger partial charge is 0.317 e. The summed E-state index contributed by atoms with van der Waals surface area (Å²) in [6, 6.07) is 0.390. The molecule has 2 fully saturated rings. The van der Waals surface area contributed by atoms with Crippen LogP contribution >= 0.6 is 0 Å². The average molecular weight is 254 g/mol. The summed E-state index contributed by atoms with van der Waals surface area (Å²) in [6.07, 6.45) is 4.81. The van der Waals surface area contributed by atoms with Gasteiger partial charge in [0.05, 0.1) is 6.10 Å². The van der Waals surface area contributed by atoms with Gasteiger partial charge in [0, 0.05) is 19.1 Å². The standard InChI is InChI=1S/C14H26N2O2/c1-10-4-3-5-13(11(10)2)15-14(18)16-8-6-12(17)7-9-16/h10-13,17H,3-9H2,1-2H3,(H,15,18)/t10-,11+,13-/m1/s1. The summed E-state index contributed by atoms with van der Waals surface area (Å²) in [5.41, 5.74) is 0. The molecule has 4 nitrogen and oxygen atoms in total. The van der Waals surface area contributed by atoms with E-state index in [9.17, 15) is 9.90 Å². The fraction of sp³-hybridized carbons (Fsp3) is 0.929. The molecule has 0 unspecified atom stereocenters. The highest BCUT2D eigenvalue weighted by atomic mass is 16.3. The number of aliphatic hydroxyl groups is 1. The van der Waals surface area contributed by atoms with Crippen LogP contribution in [0.5, 0.6) is 0 Å². The first-order chi connectivity index (χ1) is 8.58. The Hall–Kier alpha value is -0.770. The van der Waals surface area contributed by atoms with Crippen molar-refractivity contribution in [3.05, 3.63) is 0 Å². The van der Waals surface area contributed by atoms with Crippen molar-refractivity contribution in [2.75, 3.05) is 13.1 Å². The van der Waals surface area contributed by atoms with E-state index in [1.807, 2.05) is 4.90 Å². The van der Waals surface area contributed by atoms with Gasteiger partial charge in [-0.15, -0.1) is 0 Å². The second-order valence-corrected chi connectivity index (χ2v) is 6.04. The van der Waals surface area contributed by atoms with Crippen LogP contribution < -0.4 is 5.32 Å². The Kier molecular flexibility index (Phi) is 4.49. The van der Waals surface area contributed by atoms with Crippen molar-refractivity contribution >= 4 is 6.03 Å². The summed E-state index contributed by atoms with van der Waals surface area (Å²) < 4.78 is 0. The topological polar surface area (TPSA) is 52.6 Å². The van der Waals surface area contributed by atoms with Gasteiger partial charge in [-0.05, 0) is 31.1 Å². The van der Waals surface area contributed by atoms with Gasteiger partial charge in [0.1, 0.15) is 0 Å². The molecule has 1 saturated heterocycles. The van der Waals surface area contributed by atoms with Crippen molar-refractivity contribution in [3.8, 4) is 0 Å².